The van der Waals surface area contributed by atoms with Gasteiger partial charge in [-0.3, -0.25) is 14.5 Å². The Kier molecular flexibility index (Phi) is 5.91. The number of nitrogens with one attached hydrogen (secondary N) is 1. The Balaban J connectivity index is 1.27. The summed E-state index contributed by atoms with van der Waals surface area (Å²) >= 11 is 0. The predicted molar refractivity (Wildman–Crippen MR) is 117 cm³/mol. The smallest absolute Gasteiger partial charge is 0.290 e. The highest BCUT2D eigenvalue weighted by atomic mass is 16.5. The number of imidazole rings is 1. The van der Waals surface area contributed by atoms with Gasteiger partial charge in [-0.2, -0.15) is 0 Å². The molecule has 31 heavy (non-hydrogen) atoms. The van der Waals surface area contributed by atoms with E-state index < -0.39 is 0 Å². The van der Waals surface area contributed by atoms with Gasteiger partial charge in [-0.15, -0.1) is 0 Å². The van der Waals surface area contributed by atoms with E-state index in [-0.39, 0.29) is 11.8 Å². The Morgan fingerprint density at radius 1 is 1.10 bits per heavy atom. The van der Waals surface area contributed by atoms with E-state index in [9.17, 15) is 9.59 Å². The third kappa shape index (κ3) is 4.19. The van der Waals surface area contributed by atoms with Gasteiger partial charge in [0.2, 0.25) is 0 Å². The maximum Gasteiger partial charge on any atom is 0.290 e. The van der Waals surface area contributed by atoms with Crippen molar-refractivity contribution in [2.45, 2.75) is 44.7 Å². The van der Waals surface area contributed by atoms with E-state index >= 15 is 0 Å². The molecule has 8 heteroatoms. The number of aromatic nitrogens is 2. The van der Waals surface area contributed by atoms with Gasteiger partial charge in [-0.25, -0.2) is 4.98 Å². The molecule has 1 saturated carbocycles. The van der Waals surface area contributed by atoms with Crippen LogP contribution in [0.4, 0.5) is 0 Å². The molecule has 2 fully saturated rings. The number of benzene rings is 1. The minimum Gasteiger partial charge on any atom is -0.379 e. The van der Waals surface area contributed by atoms with Crippen LogP contribution in [0.3, 0.4) is 0 Å². The van der Waals surface area contributed by atoms with Gasteiger partial charge in [0.15, 0.2) is 5.82 Å². The Morgan fingerprint density at radius 3 is 2.71 bits per heavy atom. The van der Waals surface area contributed by atoms with Crippen LogP contribution < -0.4 is 5.32 Å². The first-order valence-corrected chi connectivity index (χ1v) is 11.6. The van der Waals surface area contributed by atoms with E-state index in [1.165, 1.54) is 19.3 Å². The van der Waals surface area contributed by atoms with Crippen molar-refractivity contribution in [2.75, 3.05) is 45.9 Å². The zero-order chi connectivity index (χ0) is 21.2. The summed E-state index contributed by atoms with van der Waals surface area (Å²) in [5.74, 6) is 0.443. The first-order valence-electron chi connectivity index (χ1n) is 11.6. The molecule has 1 aromatic heterocycles. The predicted octanol–water partition coefficient (Wildman–Crippen LogP) is 1.89. The Hall–Kier alpha value is -2.45. The van der Waals surface area contributed by atoms with Gasteiger partial charge in [0.1, 0.15) is 0 Å². The molecule has 0 spiro atoms. The van der Waals surface area contributed by atoms with Crippen LogP contribution in [0.15, 0.2) is 18.2 Å². The van der Waals surface area contributed by atoms with Crippen molar-refractivity contribution in [2.24, 2.45) is 0 Å². The standard InChI is InChI=1S/C23H31N5O3/c29-22(24-8-9-26-12-14-31-15-13-26)17-6-7-20-19(16-17)25-21-23(30)27(10-11-28(20)21)18-4-2-1-3-5-18/h6-7,16,18H,1-5,8-15H2,(H,24,29). The summed E-state index contributed by atoms with van der Waals surface area (Å²) in [7, 11) is 0. The number of fused-ring (bicyclic) bond motifs is 3. The summed E-state index contributed by atoms with van der Waals surface area (Å²) in [5, 5.41) is 3.00. The molecular weight excluding hydrogens is 394 g/mol. The van der Waals surface area contributed by atoms with Gasteiger partial charge in [0, 0.05) is 50.9 Å². The average Bonchev–Trinajstić information content (AvgIpc) is 3.19. The van der Waals surface area contributed by atoms with Crippen molar-refractivity contribution in [1.82, 2.24) is 24.7 Å². The molecule has 8 nitrogen and oxygen atoms in total. The van der Waals surface area contributed by atoms with E-state index in [1.54, 1.807) is 0 Å². The van der Waals surface area contributed by atoms with Crippen molar-refractivity contribution in [1.29, 1.82) is 0 Å². The molecule has 0 atom stereocenters. The first-order chi connectivity index (χ1) is 15.2. The Labute approximate surface area is 182 Å². The van der Waals surface area contributed by atoms with Crippen molar-refractivity contribution >= 4 is 22.8 Å². The molecule has 2 aliphatic heterocycles. The van der Waals surface area contributed by atoms with Crippen molar-refractivity contribution in [3.63, 3.8) is 0 Å². The molecule has 3 heterocycles. The largest absolute Gasteiger partial charge is 0.379 e. The van der Waals surface area contributed by atoms with Crippen LogP contribution >= 0.6 is 0 Å². The van der Waals surface area contributed by atoms with Crippen LogP contribution in [0.5, 0.6) is 0 Å². The van der Waals surface area contributed by atoms with Crippen LogP contribution in [-0.2, 0) is 11.3 Å². The lowest BCUT2D eigenvalue weighted by Crippen LogP contribution is -2.47. The summed E-state index contributed by atoms with van der Waals surface area (Å²) in [6.45, 7) is 6.26. The van der Waals surface area contributed by atoms with Crippen LogP contribution in [0.25, 0.3) is 11.0 Å². The van der Waals surface area contributed by atoms with Gasteiger partial charge < -0.3 is 19.5 Å². The van der Waals surface area contributed by atoms with Crippen LogP contribution in [-0.4, -0.2) is 83.1 Å². The molecular formula is C23H31N5O3. The van der Waals surface area contributed by atoms with E-state index in [0.717, 1.165) is 69.8 Å². The molecule has 1 aliphatic carbocycles. The molecule has 0 radical (unpaired) electrons. The average molecular weight is 426 g/mol. The maximum absolute atomic E-state index is 13.1. The second-order valence-corrected chi connectivity index (χ2v) is 8.79. The molecule has 2 amide bonds. The molecule has 2 aromatic rings. The lowest BCUT2D eigenvalue weighted by Gasteiger charge is -2.36. The summed E-state index contributed by atoms with van der Waals surface area (Å²) in [4.78, 5) is 34.7. The quantitative estimate of drug-likeness (QED) is 0.791. The second-order valence-electron chi connectivity index (χ2n) is 8.79. The summed E-state index contributed by atoms with van der Waals surface area (Å²) < 4.78 is 7.37. The van der Waals surface area contributed by atoms with Gasteiger partial charge in [0.25, 0.3) is 11.8 Å². The number of nitrogens with zero attached hydrogens (tertiary/aromatic N) is 4. The normalized spacial score (nSPS) is 20.8. The molecule has 1 saturated heterocycles. The lowest BCUT2D eigenvalue weighted by molar-refractivity contribution is 0.0383. The summed E-state index contributed by atoms with van der Waals surface area (Å²) in [5.41, 5.74) is 2.23. The molecule has 166 valence electrons. The topological polar surface area (TPSA) is 79.7 Å². The van der Waals surface area contributed by atoms with E-state index in [2.05, 4.69) is 15.2 Å². The van der Waals surface area contributed by atoms with E-state index in [0.29, 0.717) is 24.0 Å². The minimum absolute atomic E-state index is 0.0332. The zero-order valence-corrected chi connectivity index (χ0v) is 18.0. The fraction of sp³-hybridized carbons (Fsp3) is 0.609. The van der Waals surface area contributed by atoms with Crippen molar-refractivity contribution in [3.8, 4) is 0 Å². The number of ether oxygens (including phenoxy) is 1. The number of carbonyl (C=O) groups excluding carboxylic acids is 2. The number of amides is 2. The minimum atomic E-state index is -0.101. The number of hydrogen-bond donors (Lipinski definition) is 1. The second kappa shape index (κ2) is 8.96. The van der Waals surface area contributed by atoms with Gasteiger partial charge in [-0.05, 0) is 31.0 Å². The highest BCUT2D eigenvalue weighted by Gasteiger charge is 2.33. The first kappa shape index (κ1) is 20.5. The fourth-order valence-electron chi connectivity index (χ4n) is 5.09. The highest BCUT2D eigenvalue weighted by Crippen LogP contribution is 2.28. The van der Waals surface area contributed by atoms with Crippen molar-refractivity contribution in [3.05, 3.63) is 29.6 Å². The SMILES string of the molecule is O=C(NCCN1CCOCC1)c1ccc2c(c1)nc1n2CCN(C2CCCCC2)C1=O. The van der Waals surface area contributed by atoms with Crippen LogP contribution in [0.1, 0.15) is 53.1 Å². The maximum atomic E-state index is 13.1. The number of carbonyl (C=O) groups is 2. The number of hydrogen-bond acceptors (Lipinski definition) is 5. The van der Waals surface area contributed by atoms with Crippen LogP contribution in [0.2, 0.25) is 0 Å². The molecule has 0 unspecified atom stereocenters. The van der Waals surface area contributed by atoms with Crippen LogP contribution in [0, 0.1) is 0 Å². The van der Waals surface area contributed by atoms with E-state index in [4.69, 9.17) is 4.74 Å². The molecule has 1 aromatic carbocycles. The molecule has 1 N–H and O–H groups in total. The Morgan fingerprint density at radius 2 is 1.90 bits per heavy atom. The number of morpholine rings is 1. The molecule has 3 aliphatic rings. The van der Waals surface area contributed by atoms with E-state index in [1.807, 2.05) is 27.7 Å². The Bertz CT molecular complexity index is 960. The third-order valence-electron chi connectivity index (χ3n) is 6.86. The van der Waals surface area contributed by atoms with Gasteiger partial charge >= 0.3 is 0 Å². The monoisotopic (exact) mass is 425 g/mol. The van der Waals surface area contributed by atoms with Crippen molar-refractivity contribution < 1.29 is 14.3 Å². The molecule has 5 rings (SSSR count). The summed E-state index contributed by atoms with van der Waals surface area (Å²) in [6, 6.07) is 5.91. The highest BCUT2D eigenvalue weighted by molar-refractivity contribution is 6.00. The lowest BCUT2D eigenvalue weighted by atomic mass is 9.94. The zero-order valence-electron chi connectivity index (χ0n) is 18.0. The summed E-state index contributed by atoms with van der Waals surface area (Å²) in [6.07, 6.45) is 5.87. The molecule has 0 bridgehead atoms. The van der Waals surface area contributed by atoms with Gasteiger partial charge in [0.05, 0.1) is 24.2 Å². The fourth-order valence-corrected chi connectivity index (χ4v) is 5.09. The third-order valence-corrected chi connectivity index (χ3v) is 6.86. The number of rotatable bonds is 5. The van der Waals surface area contributed by atoms with Gasteiger partial charge in [-0.1, -0.05) is 19.3 Å².